The largest absolute Gasteiger partial charge is 2.00 e. The fraction of sp³-hybridized carbons (Fsp3) is 0.0435. The summed E-state index contributed by atoms with van der Waals surface area (Å²) in [6.45, 7) is 0.639. The zero-order chi connectivity index (χ0) is 20.0. The SMILES string of the molecule is C1=NCN=C1.[Os+2].c1ccc(-c2ccccn2)nc1.c1ccc(-c2ccccn2)nc1. The molecule has 1 aliphatic rings. The third-order valence-corrected chi connectivity index (χ3v) is 3.63. The van der Waals surface area contributed by atoms with Crippen molar-refractivity contribution in [2.75, 3.05) is 6.67 Å². The van der Waals surface area contributed by atoms with Gasteiger partial charge in [0.15, 0.2) is 0 Å². The second-order valence-electron chi connectivity index (χ2n) is 5.66. The molecule has 0 amide bonds. The normalized spacial score (nSPS) is 10.7. The van der Waals surface area contributed by atoms with Crippen LogP contribution >= 0.6 is 0 Å². The molecule has 30 heavy (non-hydrogen) atoms. The standard InChI is InChI=1S/2C10H8N2.C3H4N2.Os/c2*1-3-7-11-9(5-1)10-6-2-4-8-12-10;1-2-5-3-4-1;/h2*1-8H;1-2H,3H2;/q;;;+2. The van der Waals surface area contributed by atoms with Gasteiger partial charge in [0.25, 0.3) is 0 Å². The van der Waals surface area contributed by atoms with E-state index in [0.29, 0.717) is 6.67 Å². The van der Waals surface area contributed by atoms with E-state index >= 15 is 0 Å². The molecule has 0 fully saturated rings. The number of rotatable bonds is 2. The topological polar surface area (TPSA) is 76.3 Å². The van der Waals surface area contributed by atoms with Gasteiger partial charge in [-0.25, -0.2) is 0 Å². The molecule has 0 unspecified atom stereocenters. The van der Waals surface area contributed by atoms with Crippen molar-refractivity contribution in [2.24, 2.45) is 9.98 Å². The molecular formula is C23H20N6Os+2. The molecule has 0 aromatic carbocycles. The van der Waals surface area contributed by atoms with Gasteiger partial charge < -0.3 is 0 Å². The van der Waals surface area contributed by atoms with E-state index < -0.39 is 0 Å². The first-order chi connectivity index (χ1) is 14.4. The van der Waals surface area contributed by atoms with Crippen LogP contribution in [0, 0.1) is 0 Å². The van der Waals surface area contributed by atoms with Crippen molar-refractivity contribution in [3.05, 3.63) is 97.6 Å². The molecule has 5 rings (SSSR count). The molecule has 0 bridgehead atoms. The van der Waals surface area contributed by atoms with Crippen LogP contribution in [0.4, 0.5) is 0 Å². The first-order valence-electron chi connectivity index (χ1n) is 9.06. The molecule has 0 saturated carbocycles. The first-order valence-corrected chi connectivity index (χ1v) is 9.06. The Balaban J connectivity index is 0.000000170. The number of nitrogens with zero attached hydrogens (tertiary/aromatic N) is 6. The maximum Gasteiger partial charge on any atom is 2.00 e. The number of aliphatic imine (C=N–C) groups is 2. The Hall–Kier alpha value is -3.42. The van der Waals surface area contributed by atoms with Crippen LogP contribution in [0.25, 0.3) is 22.8 Å². The van der Waals surface area contributed by atoms with Gasteiger partial charge in [-0.2, -0.15) is 0 Å². The molecule has 5 heterocycles. The Labute approximate surface area is 189 Å². The number of pyridine rings is 4. The van der Waals surface area contributed by atoms with Gasteiger partial charge >= 0.3 is 19.8 Å². The van der Waals surface area contributed by atoms with Crippen molar-refractivity contribution < 1.29 is 19.8 Å². The average Bonchev–Trinajstić information content (AvgIpc) is 3.42. The smallest absolute Gasteiger partial charge is 0.268 e. The zero-order valence-electron chi connectivity index (χ0n) is 16.1. The molecule has 7 heteroatoms. The minimum absolute atomic E-state index is 0. The van der Waals surface area contributed by atoms with Crippen molar-refractivity contribution in [3.63, 3.8) is 0 Å². The second-order valence-corrected chi connectivity index (χ2v) is 5.66. The fourth-order valence-corrected chi connectivity index (χ4v) is 2.29. The molecule has 0 aliphatic carbocycles. The number of hydrogen-bond donors (Lipinski definition) is 0. The van der Waals surface area contributed by atoms with Gasteiger partial charge in [-0.3, -0.25) is 29.9 Å². The molecule has 148 valence electrons. The van der Waals surface area contributed by atoms with Gasteiger partial charge in [-0.15, -0.1) is 0 Å². The Bertz CT molecular complexity index is 851. The van der Waals surface area contributed by atoms with Crippen LogP contribution in [0.2, 0.25) is 0 Å². The van der Waals surface area contributed by atoms with E-state index in [2.05, 4.69) is 29.9 Å². The molecule has 0 saturated heterocycles. The first kappa shape index (κ1) is 22.9. The number of hydrogen-bond acceptors (Lipinski definition) is 6. The monoisotopic (exact) mass is 572 g/mol. The van der Waals surface area contributed by atoms with Crippen molar-refractivity contribution in [1.29, 1.82) is 0 Å². The van der Waals surface area contributed by atoms with E-state index in [0.717, 1.165) is 22.8 Å². The summed E-state index contributed by atoms with van der Waals surface area (Å²) in [6.07, 6.45) is 10.5. The molecule has 0 radical (unpaired) electrons. The van der Waals surface area contributed by atoms with Crippen LogP contribution in [0.1, 0.15) is 0 Å². The van der Waals surface area contributed by atoms with Crippen LogP contribution < -0.4 is 0 Å². The summed E-state index contributed by atoms with van der Waals surface area (Å²) < 4.78 is 0. The van der Waals surface area contributed by atoms with Gasteiger partial charge in [-0.05, 0) is 48.5 Å². The van der Waals surface area contributed by atoms with Crippen LogP contribution in [0.3, 0.4) is 0 Å². The fourth-order valence-electron chi connectivity index (χ4n) is 2.29. The summed E-state index contributed by atoms with van der Waals surface area (Å²) in [5, 5.41) is 0. The van der Waals surface area contributed by atoms with E-state index in [1.807, 2.05) is 72.8 Å². The third-order valence-electron chi connectivity index (χ3n) is 3.63. The molecule has 1 aliphatic heterocycles. The van der Waals surface area contributed by atoms with Crippen LogP contribution in [0.15, 0.2) is 108 Å². The van der Waals surface area contributed by atoms with Crippen molar-refractivity contribution in [2.45, 2.75) is 0 Å². The van der Waals surface area contributed by atoms with E-state index in [1.54, 1.807) is 37.2 Å². The third kappa shape index (κ3) is 7.90. The number of aromatic nitrogens is 4. The summed E-state index contributed by atoms with van der Waals surface area (Å²) in [5.74, 6) is 0. The quantitative estimate of drug-likeness (QED) is 0.359. The Morgan fingerprint density at radius 2 is 0.733 bits per heavy atom. The van der Waals surface area contributed by atoms with Gasteiger partial charge in [0, 0.05) is 37.2 Å². The van der Waals surface area contributed by atoms with Gasteiger partial charge in [-0.1, -0.05) is 24.3 Å². The average molecular weight is 571 g/mol. The molecule has 0 atom stereocenters. The summed E-state index contributed by atoms with van der Waals surface area (Å²) in [4.78, 5) is 24.2. The van der Waals surface area contributed by atoms with E-state index in [4.69, 9.17) is 0 Å². The predicted molar refractivity (Wildman–Crippen MR) is 117 cm³/mol. The molecule has 0 N–H and O–H groups in total. The zero-order valence-corrected chi connectivity index (χ0v) is 18.7. The minimum Gasteiger partial charge on any atom is -0.268 e. The summed E-state index contributed by atoms with van der Waals surface area (Å²) in [5.41, 5.74) is 3.66. The second kappa shape index (κ2) is 13.7. The van der Waals surface area contributed by atoms with Gasteiger partial charge in [0.2, 0.25) is 0 Å². The molecular weight excluding hydrogens is 551 g/mol. The molecule has 6 nitrogen and oxygen atoms in total. The van der Waals surface area contributed by atoms with Crippen molar-refractivity contribution >= 4 is 12.4 Å². The molecule has 4 aromatic heterocycles. The predicted octanol–water partition coefficient (Wildman–Crippen LogP) is 4.38. The molecule has 0 spiro atoms. The minimum atomic E-state index is 0. The van der Waals surface area contributed by atoms with Gasteiger partial charge in [0.1, 0.15) is 6.67 Å². The van der Waals surface area contributed by atoms with Crippen molar-refractivity contribution in [3.8, 4) is 22.8 Å². The summed E-state index contributed by atoms with van der Waals surface area (Å²) in [6, 6.07) is 23.2. The molecule has 4 aromatic rings. The van der Waals surface area contributed by atoms with Crippen LogP contribution in [-0.2, 0) is 19.8 Å². The Morgan fingerprint density at radius 3 is 0.900 bits per heavy atom. The summed E-state index contributed by atoms with van der Waals surface area (Å²) >= 11 is 0. The maximum absolute atomic E-state index is 4.19. The Morgan fingerprint density at radius 1 is 0.433 bits per heavy atom. The van der Waals surface area contributed by atoms with Crippen molar-refractivity contribution in [1.82, 2.24) is 19.9 Å². The maximum atomic E-state index is 4.19. The van der Waals surface area contributed by atoms with E-state index in [-0.39, 0.29) is 19.8 Å². The van der Waals surface area contributed by atoms with Crippen LogP contribution in [0.5, 0.6) is 0 Å². The Kier molecular flexibility index (Phi) is 10.4. The van der Waals surface area contributed by atoms with Gasteiger partial charge in [0.05, 0.1) is 22.8 Å². The van der Waals surface area contributed by atoms with E-state index in [1.165, 1.54) is 0 Å². The van der Waals surface area contributed by atoms with E-state index in [9.17, 15) is 0 Å². The summed E-state index contributed by atoms with van der Waals surface area (Å²) in [7, 11) is 0. The van der Waals surface area contributed by atoms with Crippen LogP contribution in [-0.4, -0.2) is 39.0 Å².